The summed E-state index contributed by atoms with van der Waals surface area (Å²) >= 11 is 0. The molecule has 220 valence electrons. The molecule has 0 atom stereocenters. The molecule has 6 nitrogen and oxygen atoms in total. The van der Waals surface area contributed by atoms with Crippen LogP contribution in [0.5, 0.6) is 0 Å². The van der Waals surface area contributed by atoms with Gasteiger partial charge in [-0.15, -0.1) is 0 Å². The number of anilines is 1. The van der Waals surface area contributed by atoms with Crippen molar-refractivity contribution in [2.45, 2.75) is 45.4 Å². The molecule has 0 spiro atoms. The van der Waals surface area contributed by atoms with Crippen molar-refractivity contribution in [3.63, 3.8) is 0 Å². The predicted octanol–water partition coefficient (Wildman–Crippen LogP) is 7.48. The van der Waals surface area contributed by atoms with Crippen molar-refractivity contribution in [1.82, 2.24) is 0 Å². The molecular weight excluding hydrogens is 548 g/mol. The topological polar surface area (TPSA) is 80.8 Å². The number of rotatable bonds is 5. The van der Waals surface area contributed by atoms with Crippen LogP contribution in [0, 0.1) is 0 Å². The zero-order valence-corrected chi connectivity index (χ0v) is 25.6. The second-order valence-electron chi connectivity index (χ2n) is 12.9. The van der Waals surface area contributed by atoms with Crippen LogP contribution in [0.25, 0.3) is 21.5 Å². The van der Waals surface area contributed by atoms with Crippen LogP contribution in [0.1, 0.15) is 45.7 Å². The van der Waals surface area contributed by atoms with Gasteiger partial charge in [-0.2, -0.15) is 4.58 Å². The van der Waals surface area contributed by atoms with Crippen molar-refractivity contribution in [2.24, 2.45) is 0 Å². The third kappa shape index (κ3) is 3.76. The van der Waals surface area contributed by atoms with E-state index in [1.165, 1.54) is 16.3 Å². The summed E-state index contributed by atoms with van der Waals surface area (Å²) in [6, 6.07) is 24.6. The van der Waals surface area contributed by atoms with E-state index in [2.05, 4.69) is 56.0 Å². The van der Waals surface area contributed by atoms with Gasteiger partial charge < -0.3 is 15.1 Å². The number of fused-ring (bicyclic) bond motifs is 6. The lowest BCUT2D eigenvalue weighted by Gasteiger charge is -2.28. The van der Waals surface area contributed by atoms with Gasteiger partial charge in [0.05, 0.1) is 16.6 Å². The van der Waals surface area contributed by atoms with E-state index in [-0.39, 0.29) is 29.2 Å². The van der Waals surface area contributed by atoms with Crippen molar-refractivity contribution >= 4 is 50.4 Å². The summed E-state index contributed by atoms with van der Waals surface area (Å²) in [5.74, 6) is -1.28. The first-order valence-electron chi connectivity index (χ1n) is 15.1. The highest BCUT2D eigenvalue weighted by atomic mass is 16.4. The predicted molar refractivity (Wildman–Crippen MR) is 175 cm³/mol. The summed E-state index contributed by atoms with van der Waals surface area (Å²) in [5, 5.41) is 25.7. The average Bonchev–Trinajstić information content (AvgIpc) is 3.36. The second-order valence-corrected chi connectivity index (χ2v) is 12.9. The molecule has 2 heterocycles. The molecule has 0 bridgehead atoms. The number of ketones is 1. The lowest BCUT2D eigenvalue weighted by molar-refractivity contribution is -0.427. The lowest BCUT2D eigenvalue weighted by atomic mass is 9.76. The molecule has 4 aromatic rings. The van der Waals surface area contributed by atoms with Gasteiger partial charge in [-0.3, -0.25) is 4.79 Å². The van der Waals surface area contributed by atoms with E-state index in [0.29, 0.717) is 12.3 Å². The van der Waals surface area contributed by atoms with Crippen molar-refractivity contribution in [2.75, 3.05) is 18.0 Å². The summed E-state index contributed by atoms with van der Waals surface area (Å²) < 4.78 is 1.76. The molecule has 0 saturated carbocycles. The van der Waals surface area contributed by atoms with Gasteiger partial charge in [0.2, 0.25) is 18.0 Å². The van der Waals surface area contributed by atoms with Gasteiger partial charge in [0.15, 0.2) is 5.71 Å². The van der Waals surface area contributed by atoms with Gasteiger partial charge in [-0.1, -0.05) is 68.4 Å². The van der Waals surface area contributed by atoms with Gasteiger partial charge in [0.25, 0.3) is 0 Å². The summed E-state index contributed by atoms with van der Waals surface area (Å²) in [7, 11) is 0. The van der Waals surface area contributed by atoms with E-state index in [4.69, 9.17) is 0 Å². The Labute approximate surface area is 256 Å². The number of aliphatic hydroxyl groups is 1. The van der Waals surface area contributed by atoms with E-state index in [0.717, 1.165) is 33.4 Å². The number of aliphatic carboxylic acids is 1. The Morgan fingerprint density at radius 1 is 0.841 bits per heavy atom. The number of carboxylic acid groups (broad SMARTS) is 1. The molecule has 2 N–H and O–H groups in total. The molecule has 3 aliphatic rings. The van der Waals surface area contributed by atoms with Crippen LogP contribution in [0.3, 0.4) is 0 Å². The molecular formula is C38H35N2O4+. The quantitative estimate of drug-likeness (QED) is 0.188. The normalized spacial score (nSPS) is 20.2. The number of aliphatic hydroxyl groups excluding tert-OH is 1. The number of carboxylic acids is 1. The smallest absolute Gasteiger partial charge is 0.370 e. The van der Waals surface area contributed by atoms with E-state index in [1.807, 2.05) is 62.4 Å². The monoisotopic (exact) mass is 583 g/mol. The Morgan fingerprint density at radius 3 is 2.07 bits per heavy atom. The second kappa shape index (κ2) is 9.52. The number of likely N-dealkylation sites (N-methyl/N-ethyl adjacent to an activating group) is 1. The van der Waals surface area contributed by atoms with Crippen molar-refractivity contribution in [3.05, 3.63) is 119 Å². The minimum Gasteiger partial charge on any atom is -0.506 e. The average molecular weight is 584 g/mol. The summed E-state index contributed by atoms with van der Waals surface area (Å²) in [4.78, 5) is 28.0. The van der Waals surface area contributed by atoms with Gasteiger partial charge in [-0.05, 0) is 66.1 Å². The third-order valence-electron chi connectivity index (χ3n) is 9.68. The standard InChI is InChI=1S/C38H34N2O4/c1-6-39-28-17-15-22-11-7-9-13-24(22)33(28)37(2,3)30(39)19-26-35(43)27(36(26)44)20-31-38(4,5)34-25-14-10-8-12-23(25)16-18-29(34)40(31)21-32(41)42/h7-20H,6,21H2,1-5H3,(H-,41,42,43,44)/p+1. The lowest BCUT2D eigenvalue weighted by Crippen LogP contribution is -2.33. The SMILES string of the molecule is CCN1/C(=C/C2=C(O)C(=C/C3=[N+](CC(=O)O)c4ccc5ccccc5c4C3(C)C)/C2=O)C(C)(C)c2c1ccc1ccccc21. The zero-order valence-electron chi connectivity index (χ0n) is 25.6. The number of hydrogen-bond donors (Lipinski definition) is 2. The van der Waals surface area contributed by atoms with Crippen LogP contribution in [-0.4, -0.2) is 45.3 Å². The van der Waals surface area contributed by atoms with E-state index in [9.17, 15) is 19.8 Å². The van der Waals surface area contributed by atoms with Crippen molar-refractivity contribution in [3.8, 4) is 0 Å². The third-order valence-corrected chi connectivity index (χ3v) is 9.68. The van der Waals surface area contributed by atoms with Crippen LogP contribution in [0.2, 0.25) is 0 Å². The molecule has 1 aliphatic carbocycles. The molecule has 44 heavy (non-hydrogen) atoms. The molecule has 0 fully saturated rings. The fourth-order valence-electron chi connectivity index (χ4n) is 7.62. The molecule has 0 radical (unpaired) electrons. The van der Waals surface area contributed by atoms with Crippen LogP contribution in [-0.2, 0) is 20.4 Å². The molecule has 0 unspecified atom stereocenters. The Kier molecular flexibility index (Phi) is 6.02. The minimum atomic E-state index is -0.974. The molecule has 0 saturated heterocycles. The molecule has 6 heteroatoms. The summed E-state index contributed by atoms with van der Waals surface area (Å²) in [6.45, 7) is 11.0. The van der Waals surface area contributed by atoms with Crippen LogP contribution in [0.15, 0.2) is 108 Å². The zero-order chi connectivity index (χ0) is 31.1. The Bertz CT molecular complexity index is 2090. The maximum Gasteiger partial charge on any atom is 0.370 e. The van der Waals surface area contributed by atoms with Crippen LogP contribution in [0.4, 0.5) is 11.4 Å². The highest BCUT2D eigenvalue weighted by molar-refractivity contribution is 6.24. The Hall–Kier alpha value is -4.97. The van der Waals surface area contributed by atoms with Gasteiger partial charge in [-0.25, -0.2) is 4.79 Å². The Morgan fingerprint density at radius 2 is 1.45 bits per heavy atom. The van der Waals surface area contributed by atoms with Crippen LogP contribution >= 0.6 is 0 Å². The fraction of sp³-hybridized carbons (Fsp3) is 0.237. The first-order valence-corrected chi connectivity index (χ1v) is 15.1. The van der Waals surface area contributed by atoms with Gasteiger partial charge in [0.1, 0.15) is 5.76 Å². The number of nitrogens with zero attached hydrogens (tertiary/aromatic N) is 2. The Balaban J connectivity index is 1.35. The highest BCUT2D eigenvalue weighted by Crippen LogP contribution is 2.52. The fourth-order valence-corrected chi connectivity index (χ4v) is 7.62. The van der Waals surface area contributed by atoms with Crippen molar-refractivity contribution < 1.29 is 24.4 Å². The number of allylic oxidation sites excluding steroid dienone is 5. The first-order chi connectivity index (χ1) is 21.0. The van der Waals surface area contributed by atoms with Crippen LogP contribution < -0.4 is 4.90 Å². The maximum atomic E-state index is 13.8. The molecule has 2 aliphatic heterocycles. The number of hydrogen-bond acceptors (Lipinski definition) is 4. The number of carbonyl (C=O) groups is 2. The first kappa shape index (κ1) is 27.8. The highest BCUT2D eigenvalue weighted by Gasteiger charge is 2.48. The van der Waals surface area contributed by atoms with Gasteiger partial charge >= 0.3 is 5.97 Å². The molecule has 7 rings (SSSR count). The van der Waals surface area contributed by atoms with Crippen molar-refractivity contribution in [1.29, 1.82) is 0 Å². The summed E-state index contributed by atoms with van der Waals surface area (Å²) in [5.41, 5.74) is 5.24. The summed E-state index contributed by atoms with van der Waals surface area (Å²) in [6.07, 6.45) is 3.53. The largest absolute Gasteiger partial charge is 0.506 e. The molecule has 0 amide bonds. The van der Waals surface area contributed by atoms with E-state index < -0.39 is 16.8 Å². The van der Waals surface area contributed by atoms with E-state index >= 15 is 0 Å². The number of Topliss-reactive ketones (excluding diaryl/α,β-unsaturated/α-hetero) is 1. The van der Waals surface area contributed by atoms with E-state index in [1.54, 1.807) is 10.7 Å². The number of benzene rings is 4. The number of carbonyl (C=O) groups excluding carboxylic acids is 1. The maximum absolute atomic E-state index is 13.8. The molecule has 0 aromatic heterocycles. The molecule has 4 aromatic carbocycles. The van der Waals surface area contributed by atoms with Gasteiger partial charge in [0, 0.05) is 41.1 Å². The minimum absolute atomic E-state index is 0.0606.